The van der Waals surface area contributed by atoms with Gasteiger partial charge in [-0.25, -0.2) is 0 Å². The van der Waals surface area contributed by atoms with Crippen LogP contribution in [-0.4, -0.2) is 17.5 Å². The van der Waals surface area contributed by atoms with Crippen LogP contribution in [0.5, 0.6) is 5.75 Å². The summed E-state index contributed by atoms with van der Waals surface area (Å²) in [6, 6.07) is 8.01. The van der Waals surface area contributed by atoms with Crippen LogP contribution in [0.15, 0.2) is 28.7 Å². The van der Waals surface area contributed by atoms with Gasteiger partial charge < -0.3 is 9.30 Å². The molecule has 3 nitrogen and oxygen atoms in total. The summed E-state index contributed by atoms with van der Waals surface area (Å²) in [4.78, 5) is 12.0. The average molecular weight is 334 g/mol. The number of carbonyl (C=O) groups is 1. The zero-order valence-corrected chi connectivity index (χ0v) is 13.2. The van der Waals surface area contributed by atoms with Crippen molar-refractivity contribution in [2.24, 2.45) is 0 Å². The number of benzene rings is 1. The molecule has 0 unspecified atom stereocenters. The molecular formula is C16H16BrNO2. The quantitative estimate of drug-likeness (QED) is 0.829. The number of ether oxygens (including phenoxy) is 1. The Morgan fingerprint density at radius 3 is 2.75 bits per heavy atom. The number of halogens is 1. The lowest BCUT2D eigenvalue weighted by Gasteiger charge is -2.17. The Balaban J connectivity index is 2.15. The van der Waals surface area contributed by atoms with Crippen LogP contribution < -0.4 is 4.74 Å². The SMILES string of the molecule is COc1ccc(-n2c(C)cc3c2CCCC3=O)cc1Br. The van der Waals surface area contributed by atoms with Crippen molar-refractivity contribution in [3.05, 3.63) is 45.7 Å². The largest absolute Gasteiger partial charge is 0.496 e. The van der Waals surface area contributed by atoms with Gasteiger partial charge in [-0.3, -0.25) is 4.79 Å². The zero-order chi connectivity index (χ0) is 14.3. The molecule has 4 heteroatoms. The molecule has 104 valence electrons. The molecule has 3 rings (SSSR count). The van der Waals surface area contributed by atoms with Gasteiger partial charge in [-0.1, -0.05) is 0 Å². The molecule has 1 aromatic heterocycles. The number of hydrogen-bond acceptors (Lipinski definition) is 2. The van der Waals surface area contributed by atoms with E-state index >= 15 is 0 Å². The first-order valence-corrected chi connectivity index (χ1v) is 7.49. The fraction of sp³-hybridized carbons (Fsp3) is 0.312. The molecule has 0 saturated carbocycles. The molecule has 2 aromatic rings. The Morgan fingerprint density at radius 1 is 1.25 bits per heavy atom. The summed E-state index contributed by atoms with van der Waals surface area (Å²) in [5.74, 6) is 1.07. The van der Waals surface area contributed by atoms with Crippen LogP contribution in [0.2, 0.25) is 0 Å². The minimum atomic E-state index is 0.265. The highest BCUT2D eigenvalue weighted by Gasteiger charge is 2.23. The van der Waals surface area contributed by atoms with Gasteiger partial charge >= 0.3 is 0 Å². The second-order valence-corrected chi connectivity index (χ2v) is 5.93. The van der Waals surface area contributed by atoms with E-state index in [9.17, 15) is 4.79 Å². The zero-order valence-electron chi connectivity index (χ0n) is 11.6. The molecule has 20 heavy (non-hydrogen) atoms. The molecule has 0 saturated heterocycles. The van der Waals surface area contributed by atoms with E-state index in [1.165, 1.54) is 0 Å². The topological polar surface area (TPSA) is 31.2 Å². The van der Waals surface area contributed by atoms with Crippen molar-refractivity contribution in [2.75, 3.05) is 7.11 Å². The standard InChI is InChI=1S/C16H16BrNO2/c1-10-8-12-14(4-3-5-15(12)19)18(10)11-6-7-16(20-2)13(17)9-11/h6-9H,3-5H2,1-2H3. The lowest BCUT2D eigenvalue weighted by atomic mass is 9.96. The summed E-state index contributed by atoms with van der Waals surface area (Å²) < 4.78 is 8.36. The second kappa shape index (κ2) is 5.09. The maximum Gasteiger partial charge on any atom is 0.164 e. The average Bonchev–Trinajstić information content (AvgIpc) is 2.76. The summed E-state index contributed by atoms with van der Waals surface area (Å²) >= 11 is 3.52. The van der Waals surface area contributed by atoms with Crippen LogP contribution in [-0.2, 0) is 6.42 Å². The van der Waals surface area contributed by atoms with E-state index in [4.69, 9.17) is 4.74 Å². The van der Waals surface area contributed by atoms with Gasteiger partial charge in [0.05, 0.1) is 11.6 Å². The van der Waals surface area contributed by atoms with Crippen molar-refractivity contribution >= 4 is 21.7 Å². The van der Waals surface area contributed by atoms with Crippen molar-refractivity contribution in [3.8, 4) is 11.4 Å². The van der Waals surface area contributed by atoms with Gasteiger partial charge in [0.1, 0.15) is 5.75 Å². The molecule has 0 N–H and O–H groups in total. The molecular weight excluding hydrogens is 318 g/mol. The van der Waals surface area contributed by atoms with Gasteiger partial charge in [0, 0.05) is 29.1 Å². The maximum absolute atomic E-state index is 12.0. The third kappa shape index (κ3) is 2.08. The first-order chi connectivity index (χ1) is 9.61. The molecule has 0 aliphatic heterocycles. The van der Waals surface area contributed by atoms with Gasteiger partial charge in [0.15, 0.2) is 5.78 Å². The molecule has 0 fully saturated rings. The third-order valence-electron chi connectivity index (χ3n) is 3.80. The number of aromatic nitrogens is 1. The van der Waals surface area contributed by atoms with Gasteiger partial charge in [0.25, 0.3) is 0 Å². The number of hydrogen-bond donors (Lipinski definition) is 0. The predicted molar refractivity (Wildman–Crippen MR) is 82.0 cm³/mol. The number of aryl methyl sites for hydroxylation is 1. The van der Waals surface area contributed by atoms with Crippen LogP contribution in [0.1, 0.15) is 34.6 Å². The number of nitrogens with zero attached hydrogens (tertiary/aromatic N) is 1. The molecule has 0 amide bonds. The summed E-state index contributed by atoms with van der Waals surface area (Å²) in [5.41, 5.74) is 4.19. The molecule has 0 bridgehead atoms. The van der Waals surface area contributed by atoms with Crippen LogP contribution >= 0.6 is 15.9 Å². The van der Waals surface area contributed by atoms with Gasteiger partial charge in [-0.2, -0.15) is 0 Å². The fourth-order valence-corrected chi connectivity index (χ4v) is 3.41. The van der Waals surface area contributed by atoms with Crippen molar-refractivity contribution in [2.45, 2.75) is 26.2 Å². The first-order valence-electron chi connectivity index (χ1n) is 6.70. The highest BCUT2D eigenvalue weighted by molar-refractivity contribution is 9.10. The van der Waals surface area contributed by atoms with E-state index in [0.717, 1.165) is 45.7 Å². The number of ketones is 1. The monoisotopic (exact) mass is 333 g/mol. The van der Waals surface area contributed by atoms with Crippen molar-refractivity contribution in [3.63, 3.8) is 0 Å². The van der Waals surface area contributed by atoms with Crippen molar-refractivity contribution in [1.29, 1.82) is 0 Å². The van der Waals surface area contributed by atoms with Crippen LogP contribution in [0.4, 0.5) is 0 Å². The summed E-state index contributed by atoms with van der Waals surface area (Å²) in [7, 11) is 1.65. The molecule has 1 heterocycles. The molecule has 1 aliphatic carbocycles. The lowest BCUT2D eigenvalue weighted by molar-refractivity contribution is 0.0972. The normalized spacial score (nSPS) is 14.2. The summed E-state index contributed by atoms with van der Waals surface area (Å²) in [6.45, 7) is 2.05. The minimum absolute atomic E-state index is 0.265. The fourth-order valence-electron chi connectivity index (χ4n) is 2.88. The number of methoxy groups -OCH3 is 1. The van der Waals surface area contributed by atoms with Gasteiger partial charge in [-0.05, 0) is 60.0 Å². The van der Waals surface area contributed by atoms with Crippen molar-refractivity contribution in [1.82, 2.24) is 4.57 Å². The Morgan fingerprint density at radius 2 is 2.05 bits per heavy atom. The Bertz CT molecular complexity index is 688. The van der Waals surface area contributed by atoms with Gasteiger partial charge in [0.2, 0.25) is 0 Å². The smallest absolute Gasteiger partial charge is 0.164 e. The van der Waals surface area contributed by atoms with E-state index in [1.54, 1.807) is 7.11 Å². The Hall–Kier alpha value is -1.55. The van der Waals surface area contributed by atoms with Crippen LogP contribution in [0, 0.1) is 6.92 Å². The maximum atomic E-state index is 12.0. The molecule has 0 radical (unpaired) electrons. The van der Waals surface area contributed by atoms with Crippen molar-refractivity contribution < 1.29 is 9.53 Å². The second-order valence-electron chi connectivity index (χ2n) is 5.08. The van der Waals surface area contributed by atoms with E-state index in [-0.39, 0.29) is 5.78 Å². The highest BCUT2D eigenvalue weighted by Crippen LogP contribution is 2.32. The predicted octanol–water partition coefficient (Wildman–Crippen LogP) is 4.08. The number of Topliss-reactive ketones (excluding diaryl/α,β-unsaturated/α-hetero) is 1. The summed E-state index contributed by atoms with van der Waals surface area (Å²) in [5, 5.41) is 0. The Labute approximate surface area is 126 Å². The van der Waals surface area contributed by atoms with Gasteiger partial charge in [-0.15, -0.1) is 0 Å². The van der Waals surface area contributed by atoms with Crippen LogP contribution in [0.25, 0.3) is 5.69 Å². The number of fused-ring (bicyclic) bond motifs is 1. The highest BCUT2D eigenvalue weighted by atomic mass is 79.9. The molecule has 0 atom stereocenters. The number of carbonyl (C=O) groups excluding carboxylic acids is 1. The molecule has 1 aliphatic rings. The van der Waals surface area contributed by atoms with E-state index in [2.05, 4.69) is 20.5 Å². The molecule has 0 spiro atoms. The lowest BCUT2D eigenvalue weighted by Crippen LogP contribution is -2.12. The van der Waals surface area contributed by atoms with Crippen LogP contribution in [0.3, 0.4) is 0 Å². The summed E-state index contributed by atoms with van der Waals surface area (Å²) in [6.07, 6.45) is 2.56. The van der Waals surface area contributed by atoms with E-state index in [1.807, 2.05) is 31.2 Å². The first kappa shape index (κ1) is 13.4. The molecule has 1 aromatic carbocycles. The third-order valence-corrected chi connectivity index (χ3v) is 4.42. The van der Waals surface area contributed by atoms with E-state index in [0.29, 0.717) is 6.42 Å². The number of rotatable bonds is 2. The Kier molecular flexibility index (Phi) is 3.42. The minimum Gasteiger partial charge on any atom is -0.496 e. The van der Waals surface area contributed by atoms with E-state index < -0.39 is 0 Å².